The topological polar surface area (TPSA) is 97.0 Å². The van der Waals surface area contributed by atoms with Crippen molar-refractivity contribution in [1.29, 1.82) is 0 Å². The highest BCUT2D eigenvalue weighted by Gasteiger charge is 2.33. The Labute approximate surface area is 166 Å². The van der Waals surface area contributed by atoms with E-state index in [0.29, 0.717) is 16.5 Å². The normalized spacial score (nSPS) is 14.4. The molecule has 9 heteroatoms. The van der Waals surface area contributed by atoms with E-state index >= 15 is 0 Å². The summed E-state index contributed by atoms with van der Waals surface area (Å²) in [5.41, 5.74) is 1.11. The predicted octanol–water partition coefficient (Wildman–Crippen LogP) is 3.19. The summed E-state index contributed by atoms with van der Waals surface area (Å²) in [7, 11) is 1.48. The van der Waals surface area contributed by atoms with Crippen molar-refractivity contribution in [2.45, 2.75) is 6.04 Å². The number of imide groups is 1. The molecule has 1 saturated heterocycles. The Balaban J connectivity index is 1.77. The summed E-state index contributed by atoms with van der Waals surface area (Å²) >= 11 is 5.98. The molecule has 4 amide bonds. The summed E-state index contributed by atoms with van der Waals surface area (Å²) in [4.78, 5) is 37.2. The van der Waals surface area contributed by atoms with E-state index in [0.717, 1.165) is 10.5 Å². The highest BCUT2D eigenvalue weighted by molar-refractivity contribution is 6.31. The molecule has 0 radical (unpaired) electrons. The number of hydrogen-bond donors (Lipinski definition) is 2. The second kappa shape index (κ2) is 8.62. The molecule has 1 aliphatic rings. The Morgan fingerprint density at radius 2 is 2.00 bits per heavy atom. The molecule has 0 aliphatic carbocycles. The van der Waals surface area contributed by atoms with Gasteiger partial charge in [-0.15, -0.1) is 0 Å². The van der Waals surface area contributed by atoms with Gasteiger partial charge in [0.05, 0.1) is 25.4 Å². The zero-order valence-electron chi connectivity index (χ0n) is 15.0. The molecule has 1 fully saturated rings. The molecule has 3 rings (SSSR count). The maximum Gasteiger partial charge on any atom is 0.417 e. The summed E-state index contributed by atoms with van der Waals surface area (Å²) in [5.74, 6) is -0.0150. The summed E-state index contributed by atoms with van der Waals surface area (Å²) in [6.07, 6.45) is -0.732. The number of nitrogens with zero attached hydrogens (tertiary/aromatic N) is 1. The lowest BCUT2D eigenvalue weighted by molar-refractivity contribution is -0.126. The van der Waals surface area contributed by atoms with Crippen molar-refractivity contribution < 1.29 is 23.9 Å². The molecule has 0 aromatic heterocycles. The van der Waals surface area contributed by atoms with E-state index < -0.39 is 24.1 Å². The SMILES string of the molecule is COc1ccc(Cl)cc1NC(=O)NC(CN1C(=O)COC1=O)c1ccccc1. The number of carbonyl (C=O) groups excluding carboxylic acids is 3. The maximum atomic E-state index is 12.6. The summed E-state index contributed by atoms with van der Waals surface area (Å²) in [6.45, 7) is -0.353. The second-order valence-electron chi connectivity index (χ2n) is 5.97. The molecule has 1 aliphatic heterocycles. The molecule has 146 valence electrons. The minimum Gasteiger partial charge on any atom is -0.495 e. The van der Waals surface area contributed by atoms with Crippen molar-refractivity contribution in [3.05, 3.63) is 59.1 Å². The van der Waals surface area contributed by atoms with Crippen molar-refractivity contribution in [3.63, 3.8) is 0 Å². The number of nitrogens with one attached hydrogen (secondary N) is 2. The smallest absolute Gasteiger partial charge is 0.417 e. The third-order valence-corrected chi connectivity index (χ3v) is 4.36. The van der Waals surface area contributed by atoms with E-state index in [1.165, 1.54) is 7.11 Å². The van der Waals surface area contributed by atoms with Gasteiger partial charge in [0.15, 0.2) is 6.61 Å². The van der Waals surface area contributed by atoms with Crippen LogP contribution in [0.1, 0.15) is 11.6 Å². The second-order valence-corrected chi connectivity index (χ2v) is 6.40. The number of rotatable bonds is 6. The lowest BCUT2D eigenvalue weighted by Crippen LogP contribution is -2.41. The van der Waals surface area contributed by atoms with Gasteiger partial charge in [-0.05, 0) is 23.8 Å². The van der Waals surface area contributed by atoms with Crippen LogP contribution in [-0.4, -0.2) is 43.2 Å². The average molecular weight is 404 g/mol. The molecule has 0 saturated carbocycles. The van der Waals surface area contributed by atoms with Crippen molar-refractivity contribution in [1.82, 2.24) is 10.2 Å². The maximum absolute atomic E-state index is 12.6. The van der Waals surface area contributed by atoms with Gasteiger partial charge in [-0.2, -0.15) is 0 Å². The van der Waals surface area contributed by atoms with Crippen LogP contribution in [0, 0.1) is 0 Å². The number of halogens is 1. The number of cyclic esters (lactones) is 1. The number of carbonyl (C=O) groups is 3. The van der Waals surface area contributed by atoms with Crippen LogP contribution in [0.25, 0.3) is 0 Å². The first-order valence-electron chi connectivity index (χ1n) is 8.41. The molecular weight excluding hydrogens is 386 g/mol. The van der Waals surface area contributed by atoms with Crippen LogP contribution in [0.15, 0.2) is 48.5 Å². The summed E-state index contributed by atoms with van der Waals surface area (Å²) in [5, 5.41) is 5.87. The molecule has 1 unspecified atom stereocenters. The van der Waals surface area contributed by atoms with Gasteiger partial charge in [-0.25, -0.2) is 14.5 Å². The van der Waals surface area contributed by atoms with Gasteiger partial charge in [0.1, 0.15) is 5.75 Å². The zero-order chi connectivity index (χ0) is 20.1. The third-order valence-electron chi connectivity index (χ3n) is 4.12. The van der Waals surface area contributed by atoms with E-state index in [4.69, 9.17) is 21.1 Å². The van der Waals surface area contributed by atoms with E-state index in [9.17, 15) is 14.4 Å². The van der Waals surface area contributed by atoms with Crippen LogP contribution in [0.5, 0.6) is 5.75 Å². The van der Waals surface area contributed by atoms with E-state index in [1.807, 2.05) is 6.07 Å². The predicted molar refractivity (Wildman–Crippen MR) is 102 cm³/mol. The average Bonchev–Trinajstić information content (AvgIpc) is 3.00. The molecule has 1 atom stereocenters. The van der Waals surface area contributed by atoms with Gasteiger partial charge in [-0.3, -0.25) is 4.79 Å². The van der Waals surface area contributed by atoms with Gasteiger partial charge in [0.2, 0.25) is 0 Å². The summed E-state index contributed by atoms with van der Waals surface area (Å²) in [6, 6.07) is 12.6. The van der Waals surface area contributed by atoms with Crippen molar-refractivity contribution >= 4 is 35.3 Å². The van der Waals surface area contributed by atoms with E-state index in [2.05, 4.69) is 10.6 Å². The third kappa shape index (κ3) is 4.52. The fourth-order valence-corrected chi connectivity index (χ4v) is 2.93. The summed E-state index contributed by atoms with van der Waals surface area (Å²) < 4.78 is 9.95. The number of anilines is 1. The number of hydrogen-bond acceptors (Lipinski definition) is 5. The van der Waals surface area contributed by atoms with Gasteiger partial charge in [0, 0.05) is 5.02 Å². The fourth-order valence-electron chi connectivity index (χ4n) is 2.75. The highest BCUT2D eigenvalue weighted by Crippen LogP contribution is 2.28. The van der Waals surface area contributed by atoms with Crippen LogP contribution in [0.4, 0.5) is 15.3 Å². The van der Waals surface area contributed by atoms with Gasteiger partial charge < -0.3 is 20.1 Å². The molecule has 2 aromatic carbocycles. The van der Waals surface area contributed by atoms with E-state index in [-0.39, 0.29) is 13.2 Å². The number of amides is 4. The quantitative estimate of drug-likeness (QED) is 0.772. The Kier molecular flexibility index (Phi) is 6.00. The van der Waals surface area contributed by atoms with Crippen LogP contribution in [0.3, 0.4) is 0 Å². The molecule has 28 heavy (non-hydrogen) atoms. The monoisotopic (exact) mass is 403 g/mol. The zero-order valence-corrected chi connectivity index (χ0v) is 15.7. The lowest BCUT2D eigenvalue weighted by atomic mass is 10.1. The van der Waals surface area contributed by atoms with Gasteiger partial charge in [0.25, 0.3) is 5.91 Å². The first kappa shape index (κ1) is 19.5. The fraction of sp³-hybridized carbons (Fsp3) is 0.211. The van der Waals surface area contributed by atoms with E-state index in [1.54, 1.807) is 42.5 Å². The first-order valence-corrected chi connectivity index (χ1v) is 8.79. The van der Waals surface area contributed by atoms with Gasteiger partial charge >= 0.3 is 12.1 Å². The minimum absolute atomic E-state index is 0.0538. The number of ether oxygens (including phenoxy) is 2. The molecular formula is C19H18ClN3O5. The number of benzene rings is 2. The molecule has 0 bridgehead atoms. The highest BCUT2D eigenvalue weighted by atomic mass is 35.5. The van der Waals surface area contributed by atoms with Crippen LogP contribution in [0.2, 0.25) is 5.02 Å². The molecule has 8 nitrogen and oxygen atoms in total. The molecule has 0 spiro atoms. The van der Waals surface area contributed by atoms with Gasteiger partial charge in [-0.1, -0.05) is 41.9 Å². The standard InChI is InChI=1S/C19H18ClN3O5/c1-27-16-8-7-13(20)9-14(16)21-18(25)22-15(12-5-3-2-4-6-12)10-23-17(24)11-28-19(23)26/h2-9,15H,10-11H2,1H3,(H2,21,22,25). The molecule has 1 heterocycles. The van der Waals surface area contributed by atoms with Crippen molar-refractivity contribution in [2.75, 3.05) is 25.6 Å². The first-order chi connectivity index (χ1) is 13.5. The Bertz CT molecular complexity index is 874. The molecule has 2 N–H and O–H groups in total. The Morgan fingerprint density at radius 3 is 2.64 bits per heavy atom. The Morgan fingerprint density at radius 1 is 1.25 bits per heavy atom. The number of methoxy groups -OCH3 is 1. The number of urea groups is 1. The largest absolute Gasteiger partial charge is 0.495 e. The van der Waals surface area contributed by atoms with Crippen molar-refractivity contribution in [2.24, 2.45) is 0 Å². The van der Waals surface area contributed by atoms with Crippen LogP contribution in [-0.2, 0) is 9.53 Å². The molecule has 2 aromatic rings. The van der Waals surface area contributed by atoms with Crippen LogP contribution < -0.4 is 15.4 Å². The van der Waals surface area contributed by atoms with Crippen molar-refractivity contribution in [3.8, 4) is 5.75 Å². The Hall–Kier alpha value is -3.26. The minimum atomic E-state index is -0.732. The van der Waals surface area contributed by atoms with Crippen LogP contribution >= 0.6 is 11.6 Å². The lowest BCUT2D eigenvalue weighted by Gasteiger charge is -2.23.